The van der Waals surface area contributed by atoms with Gasteiger partial charge in [-0.25, -0.2) is 9.59 Å². The Balaban J connectivity index is 2.92. The molecule has 0 aliphatic rings. The highest BCUT2D eigenvalue weighted by Crippen LogP contribution is 2.30. The number of urea groups is 1. The molecule has 1 atom stereocenters. The Labute approximate surface area is 133 Å². The van der Waals surface area contributed by atoms with Gasteiger partial charge in [-0.2, -0.15) is 0 Å². The van der Waals surface area contributed by atoms with Crippen molar-refractivity contribution in [3.8, 4) is 0 Å². The number of rotatable bonds is 6. The summed E-state index contributed by atoms with van der Waals surface area (Å²) in [7, 11) is 0. The number of benzene rings is 1. The van der Waals surface area contributed by atoms with E-state index in [0.29, 0.717) is 0 Å². The fraction of sp³-hybridized carbons (Fsp3) is 0.429. The summed E-state index contributed by atoms with van der Waals surface area (Å²) in [5.41, 5.74) is -0.108. The molecular formula is C14H18Cl2N2O3. The maximum Gasteiger partial charge on any atom is 0.337 e. The van der Waals surface area contributed by atoms with Gasteiger partial charge in [0.15, 0.2) is 0 Å². The van der Waals surface area contributed by atoms with Gasteiger partial charge in [0.25, 0.3) is 0 Å². The van der Waals surface area contributed by atoms with Gasteiger partial charge >= 0.3 is 12.0 Å². The highest BCUT2D eigenvalue weighted by molar-refractivity contribution is 6.37. The van der Waals surface area contributed by atoms with Crippen LogP contribution in [-0.2, 0) is 0 Å². The lowest BCUT2D eigenvalue weighted by Gasteiger charge is -2.18. The Hall–Kier alpha value is -1.46. The van der Waals surface area contributed by atoms with Crippen LogP contribution in [0.4, 0.5) is 10.5 Å². The predicted octanol–water partition coefficient (Wildman–Crippen LogP) is 4.39. The number of carbonyl (C=O) groups excluding carboxylic acids is 1. The number of nitrogens with one attached hydrogen (secondary N) is 2. The third-order valence-corrected chi connectivity index (χ3v) is 3.51. The van der Waals surface area contributed by atoms with E-state index in [1.54, 1.807) is 0 Å². The van der Waals surface area contributed by atoms with Gasteiger partial charge in [-0.3, -0.25) is 0 Å². The predicted molar refractivity (Wildman–Crippen MR) is 84.6 cm³/mol. The fourth-order valence-electron chi connectivity index (χ4n) is 1.93. The lowest BCUT2D eigenvalue weighted by atomic mass is 10.1. The van der Waals surface area contributed by atoms with Crippen molar-refractivity contribution in [2.45, 2.75) is 39.2 Å². The van der Waals surface area contributed by atoms with Crippen LogP contribution in [-0.4, -0.2) is 23.1 Å². The standard InChI is InChI=1S/C14H18Cl2N2O3/c1-3-5-9(4-2)17-14(21)18-12-10(13(19)20)6-8(15)7-11(12)16/h6-7,9H,3-5H2,1-2H3,(H,19,20)(H2,17,18,21). The summed E-state index contributed by atoms with van der Waals surface area (Å²) in [5.74, 6) is -1.21. The maximum atomic E-state index is 12.0. The molecule has 0 fully saturated rings. The Morgan fingerprint density at radius 3 is 2.48 bits per heavy atom. The molecule has 116 valence electrons. The molecule has 0 radical (unpaired) electrons. The second-order valence-corrected chi connectivity index (χ2v) is 5.45. The largest absolute Gasteiger partial charge is 0.478 e. The molecule has 1 aromatic rings. The molecule has 7 heteroatoms. The van der Waals surface area contributed by atoms with E-state index in [4.69, 9.17) is 28.3 Å². The summed E-state index contributed by atoms with van der Waals surface area (Å²) in [6.07, 6.45) is 2.59. The molecule has 0 heterocycles. The first-order chi connectivity index (χ1) is 9.88. The molecular weight excluding hydrogens is 315 g/mol. The summed E-state index contributed by atoms with van der Waals surface area (Å²) >= 11 is 11.7. The van der Waals surface area contributed by atoms with Crippen molar-refractivity contribution >= 4 is 40.9 Å². The van der Waals surface area contributed by atoms with Crippen LogP contribution >= 0.6 is 23.2 Å². The summed E-state index contributed by atoms with van der Waals surface area (Å²) in [6, 6.07) is 2.18. The van der Waals surface area contributed by atoms with E-state index < -0.39 is 12.0 Å². The number of carboxylic acid groups (broad SMARTS) is 1. The summed E-state index contributed by atoms with van der Waals surface area (Å²) in [6.45, 7) is 4.00. The lowest BCUT2D eigenvalue weighted by molar-refractivity contribution is 0.0698. The molecule has 0 aliphatic heterocycles. The van der Waals surface area contributed by atoms with Gasteiger partial charge in [-0.1, -0.05) is 43.5 Å². The highest BCUT2D eigenvalue weighted by Gasteiger charge is 2.18. The number of carboxylic acids is 1. The Kier molecular flexibility index (Phi) is 6.78. The summed E-state index contributed by atoms with van der Waals surface area (Å²) in [4.78, 5) is 23.2. The zero-order chi connectivity index (χ0) is 16.0. The van der Waals surface area contributed by atoms with Crippen LogP contribution in [0.2, 0.25) is 10.0 Å². The number of anilines is 1. The van der Waals surface area contributed by atoms with Crippen molar-refractivity contribution in [2.75, 3.05) is 5.32 Å². The second-order valence-electron chi connectivity index (χ2n) is 4.61. The van der Waals surface area contributed by atoms with Crippen molar-refractivity contribution in [1.29, 1.82) is 0 Å². The second kappa shape index (κ2) is 8.10. The van der Waals surface area contributed by atoms with E-state index in [1.165, 1.54) is 12.1 Å². The van der Waals surface area contributed by atoms with Gasteiger partial charge in [-0.05, 0) is 25.0 Å². The number of amides is 2. The topological polar surface area (TPSA) is 78.4 Å². The molecule has 1 unspecified atom stereocenters. The van der Waals surface area contributed by atoms with E-state index in [2.05, 4.69) is 10.6 Å². The summed E-state index contributed by atoms with van der Waals surface area (Å²) < 4.78 is 0. The smallest absolute Gasteiger partial charge is 0.337 e. The minimum atomic E-state index is -1.21. The van der Waals surface area contributed by atoms with Crippen molar-refractivity contribution < 1.29 is 14.7 Å². The van der Waals surface area contributed by atoms with E-state index in [-0.39, 0.29) is 27.3 Å². The minimum Gasteiger partial charge on any atom is -0.478 e. The van der Waals surface area contributed by atoms with Crippen LogP contribution in [0.1, 0.15) is 43.5 Å². The fourth-order valence-corrected chi connectivity index (χ4v) is 2.47. The number of hydrogen-bond donors (Lipinski definition) is 3. The molecule has 0 bridgehead atoms. The monoisotopic (exact) mass is 332 g/mol. The molecule has 0 saturated heterocycles. The number of aromatic carboxylic acids is 1. The van der Waals surface area contributed by atoms with E-state index in [1.807, 2.05) is 13.8 Å². The first-order valence-electron chi connectivity index (χ1n) is 6.68. The van der Waals surface area contributed by atoms with Crippen molar-refractivity contribution in [3.05, 3.63) is 27.7 Å². The lowest BCUT2D eigenvalue weighted by Crippen LogP contribution is -2.37. The number of hydrogen-bond acceptors (Lipinski definition) is 2. The maximum absolute atomic E-state index is 12.0. The Morgan fingerprint density at radius 1 is 1.29 bits per heavy atom. The molecule has 3 N–H and O–H groups in total. The van der Waals surface area contributed by atoms with Gasteiger partial charge in [0, 0.05) is 11.1 Å². The highest BCUT2D eigenvalue weighted by atomic mass is 35.5. The van der Waals surface area contributed by atoms with Crippen LogP contribution in [0.15, 0.2) is 12.1 Å². The van der Waals surface area contributed by atoms with E-state index >= 15 is 0 Å². The molecule has 5 nitrogen and oxygen atoms in total. The van der Waals surface area contributed by atoms with Gasteiger partial charge in [-0.15, -0.1) is 0 Å². The van der Waals surface area contributed by atoms with Crippen molar-refractivity contribution in [2.24, 2.45) is 0 Å². The zero-order valence-electron chi connectivity index (χ0n) is 11.9. The molecule has 1 aromatic carbocycles. The zero-order valence-corrected chi connectivity index (χ0v) is 13.4. The molecule has 2 amide bonds. The van der Waals surface area contributed by atoms with Crippen LogP contribution in [0.3, 0.4) is 0 Å². The molecule has 0 aromatic heterocycles. The molecule has 1 rings (SSSR count). The van der Waals surface area contributed by atoms with Gasteiger partial charge in [0.1, 0.15) is 0 Å². The molecule has 0 saturated carbocycles. The van der Waals surface area contributed by atoms with E-state index in [9.17, 15) is 9.59 Å². The van der Waals surface area contributed by atoms with E-state index in [0.717, 1.165) is 19.3 Å². The average Bonchev–Trinajstić information content (AvgIpc) is 2.40. The van der Waals surface area contributed by atoms with Crippen LogP contribution < -0.4 is 10.6 Å². The Bertz CT molecular complexity index is 535. The number of halogens is 2. The first-order valence-corrected chi connectivity index (χ1v) is 7.44. The molecule has 21 heavy (non-hydrogen) atoms. The van der Waals surface area contributed by atoms with Crippen LogP contribution in [0.25, 0.3) is 0 Å². The normalized spacial score (nSPS) is 11.8. The van der Waals surface area contributed by atoms with Gasteiger partial charge in [0.05, 0.1) is 16.3 Å². The van der Waals surface area contributed by atoms with Gasteiger partial charge in [0.2, 0.25) is 0 Å². The quantitative estimate of drug-likeness (QED) is 0.722. The minimum absolute atomic E-state index is 0.0364. The summed E-state index contributed by atoms with van der Waals surface area (Å²) in [5, 5.41) is 14.7. The SMILES string of the molecule is CCCC(CC)NC(=O)Nc1c(Cl)cc(Cl)cc1C(=O)O. The van der Waals surface area contributed by atoms with Crippen LogP contribution in [0, 0.1) is 0 Å². The van der Waals surface area contributed by atoms with Crippen molar-refractivity contribution in [3.63, 3.8) is 0 Å². The third kappa shape index (κ3) is 5.10. The van der Waals surface area contributed by atoms with Crippen LogP contribution in [0.5, 0.6) is 0 Å². The first kappa shape index (κ1) is 17.6. The van der Waals surface area contributed by atoms with Crippen molar-refractivity contribution in [1.82, 2.24) is 5.32 Å². The van der Waals surface area contributed by atoms with Gasteiger partial charge < -0.3 is 15.7 Å². The Morgan fingerprint density at radius 2 is 1.95 bits per heavy atom. The molecule has 0 aliphatic carbocycles. The average molecular weight is 333 g/mol. The third-order valence-electron chi connectivity index (χ3n) is 2.99. The number of carbonyl (C=O) groups is 2. The molecule has 0 spiro atoms.